The molecular weight excluding hydrogens is 337 g/mol. The number of carbonyl (C=O) groups is 1. The molecule has 0 aromatic heterocycles. The smallest absolute Gasteiger partial charge is 0.157 e. The molecule has 0 saturated heterocycles. The summed E-state index contributed by atoms with van der Waals surface area (Å²) in [6, 6.07) is 8.27. The monoisotopic (exact) mass is 357 g/mol. The van der Waals surface area contributed by atoms with E-state index in [9.17, 15) is 4.79 Å². The van der Waals surface area contributed by atoms with E-state index < -0.39 is 0 Å². The fourth-order valence-corrected chi connectivity index (χ4v) is 3.25. The van der Waals surface area contributed by atoms with E-state index >= 15 is 0 Å². The third-order valence-corrected chi connectivity index (χ3v) is 4.80. The zero-order valence-electron chi connectivity index (χ0n) is 11.1. The minimum Gasteiger partial charge on any atom is -0.297 e. The topological polar surface area (TPSA) is 20.3 Å². The maximum absolute atomic E-state index is 12.6. The summed E-state index contributed by atoms with van der Waals surface area (Å²) in [5.41, 5.74) is 0.928. The minimum absolute atomic E-state index is 0.205. The van der Waals surface area contributed by atoms with Gasteiger partial charge in [-0.1, -0.05) is 25.0 Å². The highest BCUT2D eigenvalue weighted by atomic mass is 127. The molecule has 0 atom stereocenters. The zero-order chi connectivity index (χ0) is 13.2. The van der Waals surface area contributed by atoms with Gasteiger partial charge >= 0.3 is 0 Å². The van der Waals surface area contributed by atoms with Crippen LogP contribution in [0, 0.1) is 3.57 Å². The van der Waals surface area contributed by atoms with Gasteiger partial charge in [0.25, 0.3) is 0 Å². The Hall–Kier alpha value is -0.420. The Bertz CT molecular complexity index is 419. The third-order valence-electron chi connectivity index (χ3n) is 4.08. The summed E-state index contributed by atoms with van der Waals surface area (Å²) in [5.74, 6) is 0.381. The zero-order valence-corrected chi connectivity index (χ0v) is 13.2. The number of rotatable bonds is 4. The Kier molecular flexibility index (Phi) is 4.43. The van der Waals surface area contributed by atoms with Gasteiger partial charge in [-0.3, -0.25) is 9.69 Å². The molecule has 2 nitrogen and oxygen atoms in total. The molecule has 0 spiro atoms. The molecule has 0 amide bonds. The van der Waals surface area contributed by atoms with E-state index in [0.29, 0.717) is 12.2 Å². The Morgan fingerprint density at radius 3 is 2.28 bits per heavy atom. The lowest BCUT2D eigenvalue weighted by Crippen LogP contribution is -2.49. The molecule has 0 unspecified atom stereocenters. The second-order valence-corrected chi connectivity index (χ2v) is 6.61. The average molecular weight is 357 g/mol. The maximum Gasteiger partial charge on any atom is 0.157 e. The SMILES string of the molecule is CN(C)C1(C(=O)Cc2ccc(I)cc2)CCCC1. The first-order valence-electron chi connectivity index (χ1n) is 6.50. The van der Waals surface area contributed by atoms with Gasteiger partial charge in [0.15, 0.2) is 5.78 Å². The van der Waals surface area contributed by atoms with Gasteiger partial charge in [0.05, 0.1) is 5.54 Å². The van der Waals surface area contributed by atoms with Crippen LogP contribution < -0.4 is 0 Å². The predicted octanol–water partition coefficient (Wildman–Crippen LogP) is 3.28. The molecule has 2 rings (SSSR count). The maximum atomic E-state index is 12.6. The molecule has 1 saturated carbocycles. The summed E-state index contributed by atoms with van der Waals surface area (Å²) in [4.78, 5) is 14.8. The van der Waals surface area contributed by atoms with Crippen LogP contribution in [0.15, 0.2) is 24.3 Å². The lowest BCUT2D eigenvalue weighted by atomic mass is 9.87. The Morgan fingerprint density at radius 2 is 1.78 bits per heavy atom. The molecule has 0 bridgehead atoms. The van der Waals surface area contributed by atoms with Crippen LogP contribution in [-0.4, -0.2) is 30.3 Å². The van der Waals surface area contributed by atoms with Gasteiger partial charge < -0.3 is 0 Å². The normalized spacial score (nSPS) is 18.2. The van der Waals surface area contributed by atoms with E-state index in [1.54, 1.807) is 0 Å². The molecule has 1 fully saturated rings. The number of hydrogen-bond acceptors (Lipinski definition) is 2. The Labute approximate surface area is 123 Å². The van der Waals surface area contributed by atoms with Gasteiger partial charge in [0.1, 0.15) is 0 Å². The van der Waals surface area contributed by atoms with Crippen molar-refractivity contribution in [1.82, 2.24) is 4.90 Å². The highest BCUT2D eigenvalue weighted by Crippen LogP contribution is 2.35. The molecule has 0 heterocycles. The van der Waals surface area contributed by atoms with Gasteiger partial charge in [-0.25, -0.2) is 0 Å². The summed E-state index contributed by atoms with van der Waals surface area (Å²) in [6.07, 6.45) is 4.95. The molecule has 1 aromatic rings. The van der Waals surface area contributed by atoms with E-state index in [1.165, 1.54) is 16.4 Å². The van der Waals surface area contributed by atoms with Crippen LogP contribution in [0.25, 0.3) is 0 Å². The van der Waals surface area contributed by atoms with Crippen LogP contribution in [-0.2, 0) is 11.2 Å². The lowest BCUT2D eigenvalue weighted by Gasteiger charge is -2.34. The molecule has 98 valence electrons. The van der Waals surface area contributed by atoms with Gasteiger partial charge in [-0.15, -0.1) is 0 Å². The van der Waals surface area contributed by atoms with Crippen LogP contribution in [0.5, 0.6) is 0 Å². The number of carbonyl (C=O) groups excluding carboxylic acids is 1. The third kappa shape index (κ3) is 2.77. The molecule has 18 heavy (non-hydrogen) atoms. The van der Waals surface area contributed by atoms with Crippen molar-refractivity contribution in [2.24, 2.45) is 0 Å². The van der Waals surface area contributed by atoms with Gasteiger partial charge in [-0.05, 0) is 67.2 Å². The summed E-state index contributed by atoms with van der Waals surface area (Å²) < 4.78 is 1.21. The molecule has 1 aromatic carbocycles. The predicted molar refractivity (Wildman–Crippen MR) is 82.8 cm³/mol. The van der Waals surface area contributed by atoms with E-state index in [0.717, 1.165) is 18.4 Å². The number of benzene rings is 1. The number of halogens is 1. The number of ketones is 1. The summed E-state index contributed by atoms with van der Waals surface area (Å²) in [7, 11) is 4.08. The second kappa shape index (κ2) is 5.70. The van der Waals surface area contributed by atoms with E-state index in [1.807, 2.05) is 14.1 Å². The van der Waals surface area contributed by atoms with Crippen LogP contribution >= 0.6 is 22.6 Å². The van der Waals surface area contributed by atoms with Crippen molar-refractivity contribution in [3.05, 3.63) is 33.4 Å². The van der Waals surface area contributed by atoms with Crippen molar-refractivity contribution in [3.63, 3.8) is 0 Å². The molecule has 0 N–H and O–H groups in total. The summed E-state index contributed by atoms with van der Waals surface area (Å²) in [5, 5.41) is 0. The van der Waals surface area contributed by atoms with E-state index in [4.69, 9.17) is 0 Å². The molecule has 1 aliphatic carbocycles. The Morgan fingerprint density at radius 1 is 1.22 bits per heavy atom. The highest BCUT2D eigenvalue weighted by Gasteiger charge is 2.42. The van der Waals surface area contributed by atoms with Crippen molar-refractivity contribution in [1.29, 1.82) is 0 Å². The van der Waals surface area contributed by atoms with Crippen LogP contribution in [0.1, 0.15) is 31.2 Å². The largest absolute Gasteiger partial charge is 0.297 e. The van der Waals surface area contributed by atoms with Crippen molar-refractivity contribution < 1.29 is 4.79 Å². The number of likely N-dealkylation sites (N-methyl/N-ethyl adjacent to an activating group) is 1. The summed E-state index contributed by atoms with van der Waals surface area (Å²) in [6.45, 7) is 0. The van der Waals surface area contributed by atoms with Crippen molar-refractivity contribution in [3.8, 4) is 0 Å². The molecule has 0 aliphatic heterocycles. The first-order valence-corrected chi connectivity index (χ1v) is 7.58. The lowest BCUT2D eigenvalue weighted by molar-refractivity contribution is -0.128. The Balaban J connectivity index is 2.13. The van der Waals surface area contributed by atoms with Gasteiger partial charge in [-0.2, -0.15) is 0 Å². The molecule has 1 aliphatic rings. The van der Waals surface area contributed by atoms with Crippen LogP contribution in [0.4, 0.5) is 0 Å². The quantitative estimate of drug-likeness (QED) is 0.771. The average Bonchev–Trinajstić information content (AvgIpc) is 2.82. The van der Waals surface area contributed by atoms with Gasteiger partial charge in [0, 0.05) is 9.99 Å². The van der Waals surface area contributed by atoms with E-state index in [2.05, 4.69) is 51.8 Å². The fourth-order valence-electron chi connectivity index (χ4n) is 2.89. The number of Topliss-reactive ketones (excluding diaryl/α,β-unsaturated/α-hetero) is 1. The van der Waals surface area contributed by atoms with Crippen molar-refractivity contribution >= 4 is 28.4 Å². The minimum atomic E-state index is -0.205. The van der Waals surface area contributed by atoms with Crippen LogP contribution in [0.3, 0.4) is 0 Å². The number of hydrogen-bond donors (Lipinski definition) is 0. The molecular formula is C15H20INO. The first kappa shape index (κ1) is 14.0. The van der Waals surface area contributed by atoms with Crippen LogP contribution in [0.2, 0.25) is 0 Å². The fraction of sp³-hybridized carbons (Fsp3) is 0.533. The molecule has 3 heteroatoms. The molecule has 0 radical (unpaired) electrons. The van der Waals surface area contributed by atoms with E-state index in [-0.39, 0.29) is 5.54 Å². The standard InChI is InChI=1S/C15H20INO/c1-17(2)15(9-3-4-10-15)14(18)11-12-5-7-13(16)8-6-12/h5-8H,3-4,9-11H2,1-2H3. The van der Waals surface area contributed by atoms with Gasteiger partial charge in [0.2, 0.25) is 0 Å². The van der Waals surface area contributed by atoms with Crippen molar-refractivity contribution in [2.75, 3.05) is 14.1 Å². The number of nitrogens with zero attached hydrogens (tertiary/aromatic N) is 1. The summed E-state index contributed by atoms with van der Waals surface area (Å²) >= 11 is 2.29. The second-order valence-electron chi connectivity index (χ2n) is 5.36. The van der Waals surface area contributed by atoms with Crippen molar-refractivity contribution in [2.45, 2.75) is 37.6 Å². The highest BCUT2D eigenvalue weighted by molar-refractivity contribution is 14.1. The first-order chi connectivity index (χ1) is 8.54.